The predicted octanol–water partition coefficient (Wildman–Crippen LogP) is 5.03. The summed E-state index contributed by atoms with van der Waals surface area (Å²) >= 11 is 0. The minimum atomic E-state index is -0.353. The first-order valence-electron chi connectivity index (χ1n) is 11.1. The fraction of sp³-hybridized carbons (Fsp3) is 0.360. The summed E-state index contributed by atoms with van der Waals surface area (Å²) in [6.07, 6.45) is 6.60. The maximum Gasteiger partial charge on any atom is 0.329 e. The number of nitrogens with zero attached hydrogens (tertiary/aromatic N) is 1. The van der Waals surface area contributed by atoms with E-state index in [9.17, 15) is 14.0 Å². The maximum absolute atomic E-state index is 13.4. The first-order chi connectivity index (χ1) is 15.5. The molecule has 7 heteroatoms. The van der Waals surface area contributed by atoms with Crippen LogP contribution in [0.5, 0.6) is 11.5 Å². The van der Waals surface area contributed by atoms with Gasteiger partial charge in [0.2, 0.25) is 0 Å². The van der Waals surface area contributed by atoms with Crippen LogP contribution in [-0.2, 0) is 11.4 Å². The molecule has 0 spiro atoms. The number of rotatable bonds is 7. The smallest absolute Gasteiger partial charge is 0.329 e. The summed E-state index contributed by atoms with van der Waals surface area (Å²) in [5.41, 5.74) is 1.68. The van der Waals surface area contributed by atoms with Crippen LogP contribution >= 0.6 is 0 Å². The molecule has 1 aliphatic carbocycles. The molecule has 1 saturated heterocycles. The minimum Gasteiger partial charge on any atom is -0.490 e. The van der Waals surface area contributed by atoms with Gasteiger partial charge in [0, 0.05) is 6.04 Å². The van der Waals surface area contributed by atoms with Crippen LogP contribution in [0.25, 0.3) is 6.08 Å². The van der Waals surface area contributed by atoms with Crippen molar-refractivity contribution in [2.75, 3.05) is 6.61 Å². The fourth-order valence-corrected chi connectivity index (χ4v) is 4.18. The summed E-state index contributed by atoms with van der Waals surface area (Å²) in [7, 11) is 0. The molecule has 1 aliphatic heterocycles. The Morgan fingerprint density at radius 1 is 1.06 bits per heavy atom. The van der Waals surface area contributed by atoms with E-state index in [0.29, 0.717) is 29.2 Å². The number of nitrogens with one attached hydrogen (secondary N) is 1. The van der Waals surface area contributed by atoms with Crippen molar-refractivity contribution in [1.29, 1.82) is 0 Å². The highest BCUT2D eigenvalue weighted by Gasteiger charge is 2.38. The summed E-state index contributed by atoms with van der Waals surface area (Å²) in [5.74, 6) is 0.429. The normalized spacial score (nSPS) is 18.2. The Morgan fingerprint density at radius 2 is 1.88 bits per heavy atom. The number of benzene rings is 2. The van der Waals surface area contributed by atoms with E-state index in [-0.39, 0.29) is 36.1 Å². The van der Waals surface area contributed by atoms with E-state index in [1.165, 1.54) is 17.0 Å². The Balaban J connectivity index is 1.51. The van der Waals surface area contributed by atoms with Crippen LogP contribution in [0.2, 0.25) is 0 Å². The second kappa shape index (κ2) is 9.85. The van der Waals surface area contributed by atoms with Crippen LogP contribution in [0, 0.1) is 5.82 Å². The summed E-state index contributed by atoms with van der Waals surface area (Å²) in [5, 5.41) is 2.71. The lowest BCUT2D eigenvalue weighted by atomic mass is 9.94. The average molecular weight is 438 g/mol. The molecular weight excluding hydrogens is 411 g/mol. The van der Waals surface area contributed by atoms with Gasteiger partial charge in [0.25, 0.3) is 5.91 Å². The molecule has 1 heterocycles. The standard InChI is InChI=1S/C25H27FN2O4/c1-2-31-23-15-17(11-12-22(23)32-16-18-7-6-8-19(26)13-18)14-21-24(29)28(25(30)27-21)20-9-4-3-5-10-20/h6-8,11-15,20H,2-5,9-10,16H2,1H3,(H,27,30)/b21-14-. The number of hydrogen-bond donors (Lipinski definition) is 1. The van der Waals surface area contributed by atoms with Crippen molar-refractivity contribution in [2.24, 2.45) is 0 Å². The number of urea groups is 1. The minimum absolute atomic E-state index is 0.0280. The van der Waals surface area contributed by atoms with E-state index in [2.05, 4.69) is 5.32 Å². The lowest BCUT2D eigenvalue weighted by Crippen LogP contribution is -2.41. The van der Waals surface area contributed by atoms with Crippen LogP contribution in [0.1, 0.15) is 50.2 Å². The van der Waals surface area contributed by atoms with Gasteiger partial charge in [0.1, 0.15) is 18.1 Å². The first-order valence-corrected chi connectivity index (χ1v) is 11.1. The van der Waals surface area contributed by atoms with E-state index in [4.69, 9.17) is 9.47 Å². The molecule has 1 N–H and O–H groups in total. The van der Waals surface area contributed by atoms with Gasteiger partial charge < -0.3 is 14.8 Å². The van der Waals surface area contributed by atoms with Crippen LogP contribution in [0.15, 0.2) is 48.2 Å². The van der Waals surface area contributed by atoms with Crippen molar-refractivity contribution in [3.63, 3.8) is 0 Å². The Kier molecular flexibility index (Phi) is 6.73. The number of ether oxygens (including phenoxy) is 2. The molecule has 0 unspecified atom stereocenters. The van der Waals surface area contributed by atoms with Crippen molar-refractivity contribution < 1.29 is 23.5 Å². The zero-order chi connectivity index (χ0) is 22.5. The summed E-state index contributed by atoms with van der Waals surface area (Å²) in [4.78, 5) is 26.7. The molecule has 2 fully saturated rings. The monoisotopic (exact) mass is 438 g/mol. The number of halogens is 1. The number of carbonyl (C=O) groups excluding carboxylic acids is 2. The first kappa shape index (κ1) is 21.9. The largest absolute Gasteiger partial charge is 0.490 e. The van der Waals surface area contributed by atoms with Gasteiger partial charge in [-0.25, -0.2) is 9.18 Å². The second-order valence-corrected chi connectivity index (χ2v) is 8.01. The zero-order valence-corrected chi connectivity index (χ0v) is 18.1. The topological polar surface area (TPSA) is 67.9 Å². The highest BCUT2D eigenvalue weighted by molar-refractivity contribution is 6.14. The Hall–Kier alpha value is -3.35. The van der Waals surface area contributed by atoms with E-state index >= 15 is 0 Å². The Labute approximate surface area is 187 Å². The van der Waals surface area contributed by atoms with Gasteiger partial charge in [-0.15, -0.1) is 0 Å². The van der Waals surface area contributed by atoms with Gasteiger partial charge in [-0.05, 0) is 61.2 Å². The van der Waals surface area contributed by atoms with Gasteiger partial charge >= 0.3 is 6.03 Å². The highest BCUT2D eigenvalue weighted by atomic mass is 19.1. The Morgan fingerprint density at radius 3 is 2.62 bits per heavy atom. The molecule has 0 aromatic heterocycles. The molecule has 2 aromatic rings. The number of imide groups is 1. The van der Waals surface area contributed by atoms with E-state index in [0.717, 1.165) is 32.1 Å². The molecule has 2 aromatic carbocycles. The third-order valence-electron chi connectivity index (χ3n) is 5.71. The quantitative estimate of drug-likeness (QED) is 0.486. The molecule has 2 aliphatic rings. The lowest BCUT2D eigenvalue weighted by Gasteiger charge is -2.28. The van der Waals surface area contributed by atoms with Crippen molar-refractivity contribution in [2.45, 2.75) is 51.7 Å². The third kappa shape index (κ3) is 4.93. The highest BCUT2D eigenvalue weighted by Crippen LogP contribution is 2.31. The van der Waals surface area contributed by atoms with Gasteiger partial charge in [0.05, 0.1) is 6.61 Å². The van der Waals surface area contributed by atoms with Crippen LogP contribution in [0.4, 0.5) is 9.18 Å². The Bertz CT molecular complexity index is 1030. The van der Waals surface area contributed by atoms with Crippen LogP contribution in [0.3, 0.4) is 0 Å². The molecule has 0 radical (unpaired) electrons. The van der Waals surface area contributed by atoms with Crippen molar-refractivity contribution in [3.8, 4) is 11.5 Å². The van der Waals surface area contributed by atoms with E-state index < -0.39 is 0 Å². The summed E-state index contributed by atoms with van der Waals surface area (Å²) in [6.45, 7) is 2.49. The molecule has 168 valence electrons. The maximum atomic E-state index is 13.4. The summed E-state index contributed by atoms with van der Waals surface area (Å²) < 4.78 is 24.9. The predicted molar refractivity (Wildman–Crippen MR) is 119 cm³/mol. The molecule has 0 bridgehead atoms. The van der Waals surface area contributed by atoms with Gasteiger partial charge in [-0.2, -0.15) is 0 Å². The van der Waals surface area contributed by atoms with Crippen LogP contribution in [-0.4, -0.2) is 29.5 Å². The van der Waals surface area contributed by atoms with Gasteiger partial charge in [0.15, 0.2) is 11.5 Å². The molecule has 1 saturated carbocycles. The molecule has 32 heavy (non-hydrogen) atoms. The van der Waals surface area contributed by atoms with Crippen LogP contribution < -0.4 is 14.8 Å². The second-order valence-electron chi connectivity index (χ2n) is 8.01. The molecule has 6 nitrogen and oxygen atoms in total. The summed E-state index contributed by atoms with van der Waals surface area (Å²) in [6, 6.07) is 11.1. The number of hydrogen-bond acceptors (Lipinski definition) is 4. The van der Waals surface area contributed by atoms with Crippen molar-refractivity contribution in [3.05, 3.63) is 65.1 Å². The third-order valence-corrected chi connectivity index (χ3v) is 5.71. The van der Waals surface area contributed by atoms with Gasteiger partial charge in [-0.3, -0.25) is 9.69 Å². The van der Waals surface area contributed by atoms with Gasteiger partial charge in [-0.1, -0.05) is 37.5 Å². The average Bonchev–Trinajstić information content (AvgIpc) is 3.07. The lowest BCUT2D eigenvalue weighted by molar-refractivity contribution is -0.124. The number of amides is 3. The van der Waals surface area contributed by atoms with Crippen molar-refractivity contribution >= 4 is 18.0 Å². The van der Waals surface area contributed by atoms with E-state index in [1.807, 2.05) is 6.92 Å². The molecule has 4 rings (SSSR count). The van der Waals surface area contributed by atoms with Crippen molar-refractivity contribution in [1.82, 2.24) is 10.2 Å². The molecular formula is C25H27FN2O4. The zero-order valence-electron chi connectivity index (χ0n) is 18.1. The molecule has 3 amide bonds. The SMILES string of the molecule is CCOc1cc(/C=C2\NC(=O)N(C3CCCCC3)C2=O)ccc1OCc1cccc(F)c1. The number of carbonyl (C=O) groups is 2. The molecule has 0 atom stereocenters. The fourth-order valence-electron chi connectivity index (χ4n) is 4.18. The van der Waals surface area contributed by atoms with E-state index in [1.54, 1.807) is 36.4 Å².